The Bertz CT molecular complexity index is 711. The molecule has 0 aliphatic heterocycles. The average Bonchev–Trinajstić information content (AvgIpc) is 3.04. The predicted octanol–water partition coefficient (Wildman–Crippen LogP) is 2.56. The first-order valence-corrected chi connectivity index (χ1v) is 6.89. The molecule has 5 heteroatoms. The zero-order valence-corrected chi connectivity index (χ0v) is 11.9. The Labute approximate surface area is 122 Å². The highest BCUT2D eigenvalue weighted by Crippen LogP contribution is 2.27. The van der Waals surface area contributed by atoms with Gasteiger partial charge in [-0.2, -0.15) is 4.98 Å². The van der Waals surface area contributed by atoms with Gasteiger partial charge in [-0.3, -0.25) is 0 Å². The van der Waals surface area contributed by atoms with Crippen molar-refractivity contribution in [2.24, 2.45) is 0 Å². The molecule has 0 amide bonds. The van der Waals surface area contributed by atoms with E-state index in [1.807, 2.05) is 18.2 Å². The van der Waals surface area contributed by atoms with Crippen molar-refractivity contribution >= 4 is 10.8 Å². The van der Waals surface area contributed by atoms with Gasteiger partial charge in [-0.1, -0.05) is 35.5 Å². The van der Waals surface area contributed by atoms with Crippen LogP contribution in [0.15, 0.2) is 47.3 Å². The van der Waals surface area contributed by atoms with E-state index in [0.29, 0.717) is 5.82 Å². The highest BCUT2D eigenvalue weighted by atomic mass is 16.5. The quantitative estimate of drug-likeness (QED) is 0.704. The summed E-state index contributed by atoms with van der Waals surface area (Å²) >= 11 is 0. The topological polar surface area (TPSA) is 60.2 Å². The number of aromatic nitrogens is 2. The average molecular weight is 283 g/mol. The molecule has 3 rings (SSSR count). The standard InChI is InChI=1S/C16H17N3O2/c1-20-15-7-6-12-4-2-3-5-13(12)14(15)10-17-9-8-16-18-11-21-19-16/h2-7,11,17H,8-10H2,1H3. The van der Waals surface area contributed by atoms with E-state index < -0.39 is 0 Å². The monoisotopic (exact) mass is 283 g/mol. The maximum atomic E-state index is 5.48. The van der Waals surface area contributed by atoms with Gasteiger partial charge in [-0.05, 0) is 16.8 Å². The van der Waals surface area contributed by atoms with Crippen LogP contribution in [0.3, 0.4) is 0 Å². The third-order valence-electron chi connectivity index (χ3n) is 3.45. The van der Waals surface area contributed by atoms with Crippen molar-refractivity contribution in [3.05, 3.63) is 54.2 Å². The van der Waals surface area contributed by atoms with Crippen LogP contribution in [-0.4, -0.2) is 23.8 Å². The lowest BCUT2D eigenvalue weighted by Gasteiger charge is -2.12. The van der Waals surface area contributed by atoms with Gasteiger partial charge < -0.3 is 14.6 Å². The van der Waals surface area contributed by atoms with Crippen LogP contribution >= 0.6 is 0 Å². The van der Waals surface area contributed by atoms with Crippen LogP contribution in [0, 0.1) is 0 Å². The summed E-state index contributed by atoms with van der Waals surface area (Å²) in [4.78, 5) is 4.00. The lowest BCUT2D eigenvalue weighted by atomic mass is 10.0. The van der Waals surface area contributed by atoms with Gasteiger partial charge in [0.2, 0.25) is 6.39 Å². The number of ether oxygens (including phenoxy) is 1. The maximum Gasteiger partial charge on any atom is 0.213 e. The van der Waals surface area contributed by atoms with E-state index in [-0.39, 0.29) is 0 Å². The van der Waals surface area contributed by atoms with Crippen LogP contribution in [0.5, 0.6) is 5.75 Å². The van der Waals surface area contributed by atoms with Crippen LogP contribution in [-0.2, 0) is 13.0 Å². The Kier molecular flexibility index (Phi) is 4.12. The van der Waals surface area contributed by atoms with Crippen LogP contribution in [0.1, 0.15) is 11.4 Å². The third kappa shape index (κ3) is 3.03. The van der Waals surface area contributed by atoms with E-state index in [4.69, 9.17) is 9.26 Å². The first kappa shape index (κ1) is 13.6. The maximum absolute atomic E-state index is 5.48. The lowest BCUT2D eigenvalue weighted by Crippen LogP contribution is -2.18. The second-order valence-corrected chi connectivity index (χ2v) is 4.74. The minimum absolute atomic E-state index is 0.715. The first-order chi connectivity index (χ1) is 10.4. The molecule has 0 radical (unpaired) electrons. The Hall–Kier alpha value is -2.40. The fourth-order valence-electron chi connectivity index (χ4n) is 2.41. The summed E-state index contributed by atoms with van der Waals surface area (Å²) < 4.78 is 10.2. The molecular formula is C16H17N3O2. The van der Waals surface area contributed by atoms with Gasteiger partial charge in [0.15, 0.2) is 5.82 Å². The number of hydrogen-bond acceptors (Lipinski definition) is 5. The molecule has 3 aromatic rings. The van der Waals surface area contributed by atoms with Crippen molar-refractivity contribution in [3.63, 3.8) is 0 Å². The Morgan fingerprint density at radius 3 is 2.90 bits per heavy atom. The molecule has 1 aromatic heterocycles. The number of benzene rings is 2. The Morgan fingerprint density at radius 2 is 2.10 bits per heavy atom. The van der Waals surface area contributed by atoms with Crippen molar-refractivity contribution in [1.29, 1.82) is 0 Å². The molecule has 0 aliphatic rings. The normalized spacial score (nSPS) is 10.9. The van der Waals surface area contributed by atoms with Crippen molar-refractivity contribution in [3.8, 4) is 5.75 Å². The molecule has 1 heterocycles. The van der Waals surface area contributed by atoms with Crippen LogP contribution in [0.4, 0.5) is 0 Å². The summed E-state index contributed by atoms with van der Waals surface area (Å²) in [6.45, 7) is 1.52. The van der Waals surface area contributed by atoms with Crippen LogP contribution in [0.25, 0.3) is 10.8 Å². The number of methoxy groups -OCH3 is 1. The van der Waals surface area contributed by atoms with Gasteiger partial charge in [0.1, 0.15) is 5.75 Å². The minimum Gasteiger partial charge on any atom is -0.496 e. The summed E-state index contributed by atoms with van der Waals surface area (Å²) in [5.41, 5.74) is 1.17. The molecular weight excluding hydrogens is 266 g/mol. The third-order valence-corrected chi connectivity index (χ3v) is 3.45. The van der Waals surface area contributed by atoms with E-state index in [9.17, 15) is 0 Å². The highest BCUT2D eigenvalue weighted by Gasteiger charge is 2.08. The zero-order valence-electron chi connectivity index (χ0n) is 11.9. The van der Waals surface area contributed by atoms with Crippen molar-refractivity contribution in [1.82, 2.24) is 15.5 Å². The SMILES string of the molecule is COc1ccc2ccccc2c1CNCCc1ncon1. The molecule has 0 spiro atoms. The molecule has 0 saturated carbocycles. The summed E-state index contributed by atoms with van der Waals surface area (Å²) in [7, 11) is 1.70. The van der Waals surface area contributed by atoms with Gasteiger partial charge in [-0.15, -0.1) is 0 Å². The van der Waals surface area contributed by atoms with E-state index >= 15 is 0 Å². The molecule has 108 valence electrons. The molecule has 1 N–H and O–H groups in total. The molecule has 0 atom stereocenters. The summed E-state index contributed by atoms with van der Waals surface area (Å²) in [5.74, 6) is 1.62. The molecule has 0 bridgehead atoms. The van der Waals surface area contributed by atoms with Crippen molar-refractivity contribution < 1.29 is 9.26 Å². The van der Waals surface area contributed by atoms with E-state index in [0.717, 1.165) is 25.3 Å². The number of hydrogen-bond donors (Lipinski definition) is 1. The van der Waals surface area contributed by atoms with Gasteiger partial charge in [0.05, 0.1) is 7.11 Å². The van der Waals surface area contributed by atoms with Gasteiger partial charge in [-0.25, -0.2) is 0 Å². The van der Waals surface area contributed by atoms with Gasteiger partial charge >= 0.3 is 0 Å². The lowest BCUT2D eigenvalue weighted by molar-refractivity contribution is 0.406. The summed E-state index contributed by atoms with van der Waals surface area (Å²) in [6, 6.07) is 12.4. The van der Waals surface area contributed by atoms with E-state index in [1.54, 1.807) is 7.11 Å². The first-order valence-electron chi connectivity index (χ1n) is 6.89. The molecule has 0 aliphatic carbocycles. The van der Waals surface area contributed by atoms with Crippen LogP contribution in [0.2, 0.25) is 0 Å². The van der Waals surface area contributed by atoms with Crippen LogP contribution < -0.4 is 10.1 Å². The summed E-state index contributed by atoms with van der Waals surface area (Å²) in [6.07, 6.45) is 2.09. The number of nitrogens with zero attached hydrogens (tertiary/aromatic N) is 2. The van der Waals surface area contributed by atoms with Crippen molar-refractivity contribution in [2.45, 2.75) is 13.0 Å². The Balaban J connectivity index is 1.72. The molecule has 0 unspecified atom stereocenters. The Morgan fingerprint density at radius 1 is 1.19 bits per heavy atom. The highest BCUT2D eigenvalue weighted by molar-refractivity contribution is 5.87. The second kappa shape index (κ2) is 6.37. The predicted molar refractivity (Wildman–Crippen MR) is 80.2 cm³/mol. The largest absolute Gasteiger partial charge is 0.496 e. The molecule has 0 saturated heterocycles. The molecule has 0 fully saturated rings. The van der Waals surface area contributed by atoms with Gasteiger partial charge in [0, 0.05) is 25.1 Å². The van der Waals surface area contributed by atoms with Gasteiger partial charge in [0.25, 0.3) is 0 Å². The fraction of sp³-hybridized carbons (Fsp3) is 0.250. The zero-order chi connectivity index (χ0) is 14.5. The molecule has 5 nitrogen and oxygen atoms in total. The smallest absolute Gasteiger partial charge is 0.213 e. The summed E-state index contributed by atoms with van der Waals surface area (Å²) in [5, 5.41) is 9.63. The number of nitrogens with one attached hydrogen (secondary N) is 1. The second-order valence-electron chi connectivity index (χ2n) is 4.74. The van der Waals surface area contributed by atoms with Crippen molar-refractivity contribution in [2.75, 3.05) is 13.7 Å². The number of fused-ring (bicyclic) bond motifs is 1. The number of rotatable bonds is 6. The van der Waals surface area contributed by atoms with E-state index in [2.05, 4.69) is 33.7 Å². The molecule has 2 aromatic carbocycles. The minimum atomic E-state index is 0.715. The van der Waals surface area contributed by atoms with E-state index in [1.165, 1.54) is 22.7 Å². The molecule has 21 heavy (non-hydrogen) atoms. The fourth-order valence-corrected chi connectivity index (χ4v) is 2.41.